The molecule has 1 N–H and O–H groups in total. The van der Waals surface area contributed by atoms with Crippen LogP contribution in [0.5, 0.6) is 0 Å². The van der Waals surface area contributed by atoms with Crippen molar-refractivity contribution in [1.29, 1.82) is 0 Å². The summed E-state index contributed by atoms with van der Waals surface area (Å²) in [7, 11) is 3.77. The quantitative estimate of drug-likeness (QED) is 0.825. The molecule has 0 fully saturated rings. The molecule has 0 aliphatic rings. The van der Waals surface area contributed by atoms with Crippen molar-refractivity contribution in [1.82, 2.24) is 5.32 Å². The molecular weight excluding hydrogens is 198 g/mol. The van der Waals surface area contributed by atoms with Gasteiger partial charge in [-0.15, -0.1) is 0 Å². The minimum atomic E-state index is 0.275. The second-order valence-electron chi connectivity index (χ2n) is 4.41. The molecule has 0 amide bonds. The zero-order chi connectivity index (χ0) is 12.1. The predicted molar refractivity (Wildman–Crippen MR) is 68.8 cm³/mol. The predicted octanol–water partition coefficient (Wildman–Crippen LogP) is 2.99. The summed E-state index contributed by atoms with van der Waals surface area (Å²) in [6.07, 6.45) is 1.27. The first-order valence-corrected chi connectivity index (χ1v) is 5.86. The molecule has 90 valence electrons. The molecule has 0 spiro atoms. The van der Waals surface area contributed by atoms with Crippen LogP contribution in [0, 0.1) is 13.8 Å². The van der Waals surface area contributed by atoms with Gasteiger partial charge < -0.3 is 10.1 Å². The molecule has 0 saturated carbocycles. The molecule has 0 aliphatic heterocycles. The minimum Gasteiger partial charge on any atom is -0.382 e. The van der Waals surface area contributed by atoms with E-state index in [1.807, 2.05) is 7.05 Å². The van der Waals surface area contributed by atoms with Crippen LogP contribution in [0.1, 0.15) is 36.1 Å². The van der Waals surface area contributed by atoms with Crippen molar-refractivity contribution in [2.75, 3.05) is 14.2 Å². The van der Waals surface area contributed by atoms with E-state index in [9.17, 15) is 0 Å². The lowest BCUT2D eigenvalue weighted by Crippen LogP contribution is -2.22. The van der Waals surface area contributed by atoms with E-state index >= 15 is 0 Å². The van der Waals surface area contributed by atoms with Crippen LogP contribution in [0.3, 0.4) is 0 Å². The van der Waals surface area contributed by atoms with Crippen molar-refractivity contribution in [3.63, 3.8) is 0 Å². The van der Waals surface area contributed by atoms with Gasteiger partial charge in [0.05, 0.1) is 6.10 Å². The third-order valence-corrected chi connectivity index (χ3v) is 3.34. The monoisotopic (exact) mass is 221 g/mol. The highest BCUT2D eigenvalue weighted by molar-refractivity contribution is 5.35. The summed E-state index contributed by atoms with van der Waals surface area (Å²) in [6, 6.07) is 6.85. The van der Waals surface area contributed by atoms with E-state index in [4.69, 9.17) is 4.74 Å². The largest absolute Gasteiger partial charge is 0.382 e. The van der Waals surface area contributed by atoms with Crippen molar-refractivity contribution >= 4 is 0 Å². The maximum absolute atomic E-state index is 5.33. The number of hydrogen-bond donors (Lipinski definition) is 1. The summed E-state index contributed by atoms with van der Waals surface area (Å²) in [4.78, 5) is 0. The molecule has 2 unspecified atom stereocenters. The van der Waals surface area contributed by atoms with Crippen molar-refractivity contribution in [2.45, 2.75) is 39.3 Å². The second-order valence-corrected chi connectivity index (χ2v) is 4.41. The Morgan fingerprint density at radius 3 is 2.56 bits per heavy atom. The summed E-state index contributed by atoms with van der Waals surface area (Å²) in [5, 5.41) is 3.37. The molecule has 1 aromatic carbocycles. The van der Waals surface area contributed by atoms with E-state index in [0.717, 1.165) is 6.42 Å². The van der Waals surface area contributed by atoms with Crippen LogP contribution in [0.4, 0.5) is 0 Å². The van der Waals surface area contributed by atoms with Gasteiger partial charge in [0.25, 0.3) is 0 Å². The van der Waals surface area contributed by atoms with Crippen LogP contribution in [0.25, 0.3) is 0 Å². The Labute approximate surface area is 99.0 Å². The molecule has 0 heterocycles. The highest BCUT2D eigenvalue weighted by Crippen LogP contribution is 2.24. The van der Waals surface area contributed by atoms with E-state index in [1.165, 1.54) is 16.7 Å². The molecule has 2 nitrogen and oxygen atoms in total. The standard InChI is InChI=1S/C14H23NO/c1-10-7-6-8-13(12(10)3)14(15-4)9-11(2)16-5/h6-8,11,14-15H,9H2,1-5H3. The van der Waals surface area contributed by atoms with E-state index in [0.29, 0.717) is 6.04 Å². The zero-order valence-corrected chi connectivity index (χ0v) is 11.0. The van der Waals surface area contributed by atoms with Gasteiger partial charge >= 0.3 is 0 Å². The third-order valence-electron chi connectivity index (χ3n) is 3.34. The fraction of sp³-hybridized carbons (Fsp3) is 0.571. The SMILES string of the molecule is CNC(CC(C)OC)c1cccc(C)c1C. The molecule has 16 heavy (non-hydrogen) atoms. The molecule has 2 heteroatoms. The van der Waals surface area contributed by atoms with E-state index in [1.54, 1.807) is 7.11 Å². The normalized spacial score (nSPS) is 14.8. The van der Waals surface area contributed by atoms with Crippen molar-refractivity contribution in [3.8, 4) is 0 Å². The number of nitrogens with one attached hydrogen (secondary N) is 1. The van der Waals surface area contributed by atoms with Gasteiger partial charge in [0, 0.05) is 13.2 Å². The molecule has 0 aromatic heterocycles. The second kappa shape index (κ2) is 6.02. The first kappa shape index (κ1) is 13.2. The van der Waals surface area contributed by atoms with E-state index in [-0.39, 0.29) is 6.10 Å². The van der Waals surface area contributed by atoms with Gasteiger partial charge in [-0.25, -0.2) is 0 Å². The van der Waals surface area contributed by atoms with Crippen LogP contribution in [0.2, 0.25) is 0 Å². The highest BCUT2D eigenvalue weighted by Gasteiger charge is 2.15. The highest BCUT2D eigenvalue weighted by atomic mass is 16.5. The Hall–Kier alpha value is -0.860. The first-order valence-electron chi connectivity index (χ1n) is 5.86. The smallest absolute Gasteiger partial charge is 0.0561 e. The summed E-state index contributed by atoms with van der Waals surface area (Å²) in [5.74, 6) is 0. The molecule has 0 radical (unpaired) electrons. The van der Waals surface area contributed by atoms with Crippen LogP contribution in [0.15, 0.2) is 18.2 Å². The van der Waals surface area contributed by atoms with Crippen molar-refractivity contribution in [3.05, 3.63) is 34.9 Å². The van der Waals surface area contributed by atoms with Gasteiger partial charge in [-0.3, -0.25) is 0 Å². The van der Waals surface area contributed by atoms with Crippen molar-refractivity contribution < 1.29 is 4.74 Å². The van der Waals surface area contributed by atoms with Crippen molar-refractivity contribution in [2.24, 2.45) is 0 Å². The Bertz CT molecular complexity index is 336. The Balaban J connectivity index is 2.90. The number of aryl methyl sites for hydroxylation is 1. The number of methoxy groups -OCH3 is 1. The zero-order valence-electron chi connectivity index (χ0n) is 11.0. The summed E-state index contributed by atoms with van der Waals surface area (Å²) in [5.41, 5.74) is 4.11. The summed E-state index contributed by atoms with van der Waals surface area (Å²) >= 11 is 0. The molecular formula is C14H23NO. The Morgan fingerprint density at radius 2 is 2.00 bits per heavy atom. The number of hydrogen-bond acceptors (Lipinski definition) is 2. The van der Waals surface area contributed by atoms with Gasteiger partial charge in [-0.05, 0) is 50.9 Å². The molecule has 1 aromatic rings. The fourth-order valence-corrected chi connectivity index (χ4v) is 1.98. The summed E-state index contributed by atoms with van der Waals surface area (Å²) < 4.78 is 5.33. The number of ether oxygens (including phenoxy) is 1. The molecule has 1 rings (SSSR count). The lowest BCUT2D eigenvalue weighted by molar-refractivity contribution is 0.101. The lowest BCUT2D eigenvalue weighted by Gasteiger charge is -2.22. The maximum Gasteiger partial charge on any atom is 0.0561 e. The van der Waals surface area contributed by atoms with Crippen LogP contribution < -0.4 is 5.32 Å². The lowest BCUT2D eigenvalue weighted by atomic mass is 9.94. The van der Waals surface area contributed by atoms with E-state index in [2.05, 4.69) is 44.3 Å². The Morgan fingerprint density at radius 1 is 1.31 bits per heavy atom. The van der Waals surface area contributed by atoms with Crippen LogP contribution in [-0.2, 0) is 4.74 Å². The first-order chi connectivity index (χ1) is 7.60. The van der Waals surface area contributed by atoms with Gasteiger partial charge in [-0.2, -0.15) is 0 Å². The third kappa shape index (κ3) is 3.06. The van der Waals surface area contributed by atoms with Crippen LogP contribution >= 0.6 is 0 Å². The Kier molecular flexibility index (Phi) is 4.97. The molecule has 0 saturated heterocycles. The minimum absolute atomic E-state index is 0.275. The van der Waals surface area contributed by atoms with E-state index < -0.39 is 0 Å². The fourth-order valence-electron chi connectivity index (χ4n) is 1.98. The topological polar surface area (TPSA) is 21.3 Å². The number of benzene rings is 1. The maximum atomic E-state index is 5.33. The van der Waals surface area contributed by atoms with Crippen LogP contribution in [-0.4, -0.2) is 20.3 Å². The molecule has 0 aliphatic carbocycles. The average molecular weight is 221 g/mol. The number of rotatable bonds is 5. The molecule has 2 atom stereocenters. The van der Waals surface area contributed by atoms with Gasteiger partial charge in [0.15, 0.2) is 0 Å². The average Bonchev–Trinajstić information content (AvgIpc) is 2.29. The summed E-state index contributed by atoms with van der Waals surface area (Å²) in [6.45, 7) is 6.45. The van der Waals surface area contributed by atoms with Gasteiger partial charge in [-0.1, -0.05) is 18.2 Å². The van der Waals surface area contributed by atoms with Gasteiger partial charge in [0.2, 0.25) is 0 Å². The van der Waals surface area contributed by atoms with Gasteiger partial charge in [0.1, 0.15) is 0 Å². The molecule has 0 bridgehead atoms.